The third kappa shape index (κ3) is 1.94. The van der Waals surface area contributed by atoms with Gasteiger partial charge in [-0.2, -0.15) is 15.1 Å². The van der Waals surface area contributed by atoms with Crippen LogP contribution in [0.15, 0.2) is 24.4 Å². The fraction of sp³-hybridized carbons (Fsp3) is 0. The van der Waals surface area contributed by atoms with Crippen molar-refractivity contribution in [3.63, 3.8) is 0 Å². The first-order valence-corrected chi connectivity index (χ1v) is 6.04. The zero-order valence-electron chi connectivity index (χ0n) is 9.51. The van der Waals surface area contributed by atoms with Crippen LogP contribution >= 0.6 is 23.2 Å². The first-order valence-electron chi connectivity index (χ1n) is 5.28. The molecule has 6 nitrogen and oxygen atoms in total. The molecule has 0 fully saturated rings. The second kappa shape index (κ2) is 4.25. The molecule has 0 unspecified atom stereocenters. The van der Waals surface area contributed by atoms with Gasteiger partial charge in [-0.05, 0) is 18.2 Å². The van der Waals surface area contributed by atoms with Gasteiger partial charge >= 0.3 is 0 Å². The lowest BCUT2D eigenvalue weighted by atomic mass is 10.3. The third-order valence-corrected chi connectivity index (χ3v) is 3.36. The molecule has 0 aliphatic rings. The van der Waals surface area contributed by atoms with Gasteiger partial charge in [0.25, 0.3) is 0 Å². The molecule has 8 heteroatoms. The highest BCUT2D eigenvalue weighted by molar-refractivity contribution is 6.42. The van der Waals surface area contributed by atoms with E-state index in [0.29, 0.717) is 26.8 Å². The average molecular weight is 295 g/mol. The van der Waals surface area contributed by atoms with E-state index < -0.39 is 0 Å². The Labute approximate surface area is 118 Å². The van der Waals surface area contributed by atoms with Crippen molar-refractivity contribution in [2.45, 2.75) is 0 Å². The van der Waals surface area contributed by atoms with Gasteiger partial charge in [0.1, 0.15) is 5.82 Å². The SMILES string of the molecule is Nc1nc(N)c2cnn(-c3ccc(Cl)c(Cl)c3)c2n1. The molecule has 3 aromatic rings. The van der Waals surface area contributed by atoms with E-state index in [2.05, 4.69) is 15.1 Å². The van der Waals surface area contributed by atoms with Gasteiger partial charge in [-0.25, -0.2) is 4.68 Å². The van der Waals surface area contributed by atoms with Crippen molar-refractivity contribution in [2.75, 3.05) is 11.5 Å². The number of anilines is 2. The van der Waals surface area contributed by atoms with Crippen LogP contribution in [0.1, 0.15) is 0 Å². The number of nitrogens with two attached hydrogens (primary N) is 2. The van der Waals surface area contributed by atoms with E-state index in [1.807, 2.05) is 0 Å². The molecule has 0 spiro atoms. The quantitative estimate of drug-likeness (QED) is 0.718. The van der Waals surface area contributed by atoms with E-state index in [1.54, 1.807) is 29.1 Å². The maximum absolute atomic E-state index is 5.99. The lowest BCUT2D eigenvalue weighted by Crippen LogP contribution is -2.03. The summed E-state index contributed by atoms with van der Waals surface area (Å²) in [6, 6.07) is 5.14. The molecular formula is C11H8Cl2N6. The highest BCUT2D eigenvalue weighted by Gasteiger charge is 2.12. The average Bonchev–Trinajstić information content (AvgIpc) is 2.76. The van der Waals surface area contributed by atoms with E-state index in [9.17, 15) is 0 Å². The summed E-state index contributed by atoms with van der Waals surface area (Å²) >= 11 is 11.9. The first kappa shape index (κ1) is 12.0. The second-order valence-electron chi connectivity index (χ2n) is 3.86. The van der Waals surface area contributed by atoms with Gasteiger partial charge in [-0.1, -0.05) is 23.2 Å². The number of nitrogens with zero attached hydrogens (tertiary/aromatic N) is 4. The van der Waals surface area contributed by atoms with Gasteiger partial charge in [-0.15, -0.1) is 0 Å². The molecule has 2 heterocycles. The Morgan fingerprint density at radius 3 is 2.58 bits per heavy atom. The highest BCUT2D eigenvalue weighted by atomic mass is 35.5. The van der Waals surface area contributed by atoms with Crippen molar-refractivity contribution in [1.82, 2.24) is 19.7 Å². The van der Waals surface area contributed by atoms with Gasteiger partial charge in [0.15, 0.2) is 5.65 Å². The summed E-state index contributed by atoms with van der Waals surface area (Å²) in [6.45, 7) is 0. The van der Waals surface area contributed by atoms with E-state index in [-0.39, 0.29) is 11.8 Å². The number of benzene rings is 1. The van der Waals surface area contributed by atoms with Gasteiger partial charge in [0, 0.05) is 0 Å². The number of rotatable bonds is 1. The Kier molecular flexibility index (Phi) is 2.69. The van der Waals surface area contributed by atoms with Crippen molar-refractivity contribution >= 4 is 46.0 Å². The zero-order valence-corrected chi connectivity index (χ0v) is 11.0. The topological polar surface area (TPSA) is 95.6 Å². The number of hydrogen-bond acceptors (Lipinski definition) is 5. The van der Waals surface area contributed by atoms with Crippen LogP contribution in [0.2, 0.25) is 10.0 Å². The van der Waals surface area contributed by atoms with E-state index in [4.69, 9.17) is 34.7 Å². The summed E-state index contributed by atoms with van der Waals surface area (Å²) in [7, 11) is 0. The lowest BCUT2D eigenvalue weighted by molar-refractivity contribution is 0.896. The molecule has 4 N–H and O–H groups in total. The Bertz CT molecular complexity index is 782. The summed E-state index contributed by atoms with van der Waals surface area (Å²) in [5.41, 5.74) is 12.6. The molecule has 0 amide bonds. The predicted molar refractivity (Wildman–Crippen MR) is 75.5 cm³/mol. The Morgan fingerprint density at radius 1 is 1.05 bits per heavy atom. The molecule has 0 bridgehead atoms. The fourth-order valence-electron chi connectivity index (χ4n) is 1.75. The maximum Gasteiger partial charge on any atom is 0.224 e. The van der Waals surface area contributed by atoms with Crippen molar-refractivity contribution in [2.24, 2.45) is 0 Å². The van der Waals surface area contributed by atoms with Gasteiger partial charge in [0.05, 0.1) is 27.3 Å². The number of fused-ring (bicyclic) bond motifs is 1. The Hall–Kier alpha value is -2.05. The number of hydrogen-bond donors (Lipinski definition) is 2. The molecule has 0 saturated heterocycles. The standard InChI is InChI=1S/C11H8Cl2N6/c12-7-2-1-5(3-8(7)13)19-10-6(4-16-19)9(14)17-11(15)18-10/h1-4H,(H4,14,15,17,18). The molecule has 0 aliphatic heterocycles. The molecule has 19 heavy (non-hydrogen) atoms. The smallest absolute Gasteiger partial charge is 0.224 e. The molecule has 0 saturated carbocycles. The molecule has 96 valence electrons. The zero-order chi connectivity index (χ0) is 13.6. The monoisotopic (exact) mass is 294 g/mol. The van der Waals surface area contributed by atoms with Gasteiger partial charge in [0.2, 0.25) is 5.95 Å². The number of nitrogen functional groups attached to an aromatic ring is 2. The first-order chi connectivity index (χ1) is 9.06. The molecule has 0 atom stereocenters. The Morgan fingerprint density at radius 2 is 1.84 bits per heavy atom. The van der Waals surface area contributed by atoms with E-state index in [0.717, 1.165) is 0 Å². The van der Waals surface area contributed by atoms with Crippen LogP contribution in [-0.4, -0.2) is 19.7 Å². The summed E-state index contributed by atoms with van der Waals surface area (Å²) < 4.78 is 1.58. The van der Waals surface area contributed by atoms with Crippen LogP contribution in [0.4, 0.5) is 11.8 Å². The summed E-state index contributed by atoms with van der Waals surface area (Å²) in [5.74, 6) is 0.376. The molecule has 2 aromatic heterocycles. The third-order valence-electron chi connectivity index (χ3n) is 2.62. The van der Waals surface area contributed by atoms with Crippen LogP contribution in [0.3, 0.4) is 0 Å². The summed E-state index contributed by atoms with van der Waals surface area (Å²) in [4.78, 5) is 8.02. The van der Waals surface area contributed by atoms with Crippen molar-refractivity contribution < 1.29 is 0 Å². The van der Waals surface area contributed by atoms with Crippen molar-refractivity contribution in [1.29, 1.82) is 0 Å². The van der Waals surface area contributed by atoms with Gasteiger partial charge in [-0.3, -0.25) is 0 Å². The molecule has 0 aliphatic carbocycles. The normalized spacial score (nSPS) is 11.1. The van der Waals surface area contributed by atoms with Crippen LogP contribution in [0, 0.1) is 0 Å². The molecule has 0 radical (unpaired) electrons. The van der Waals surface area contributed by atoms with E-state index in [1.165, 1.54) is 0 Å². The van der Waals surface area contributed by atoms with Crippen LogP contribution in [0.25, 0.3) is 16.7 Å². The van der Waals surface area contributed by atoms with Crippen LogP contribution < -0.4 is 11.5 Å². The molecular weight excluding hydrogens is 287 g/mol. The maximum atomic E-state index is 5.99. The van der Waals surface area contributed by atoms with Gasteiger partial charge < -0.3 is 11.5 Å². The van der Waals surface area contributed by atoms with Crippen molar-refractivity contribution in [3.05, 3.63) is 34.4 Å². The molecule has 1 aromatic carbocycles. The summed E-state index contributed by atoms with van der Waals surface area (Å²) in [5, 5.41) is 5.74. The molecule has 3 rings (SSSR count). The second-order valence-corrected chi connectivity index (χ2v) is 4.67. The summed E-state index contributed by atoms with van der Waals surface area (Å²) in [6.07, 6.45) is 1.58. The fourth-order valence-corrected chi connectivity index (χ4v) is 2.05. The largest absolute Gasteiger partial charge is 0.383 e. The predicted octanol–water partition coefficient (Wildman–Crippen LogP) is 2.29. The number of aromatic nitrogens is 4. The van der Waals surface area contributed by atoms with Crippen LogP contribution in [0.5, 0.6) is 0 Å². The number of halogens is 2. The minimum atomic E-state index is 0.0896. The van der Waals surface area contributed by atoms with Crippen molar-refractivity contribution in [3.8, 4) is 5.69 Å². The van der Waals surface area contributed by atoms with E-state index >= 15 is 0 Å². The minimum absolute atomic E-state index is 0.0896. The van der Waals surface area contributed by atoms with Crippen LogP contribution in [-0.2, 0) is 0 Å². The lowest BCUT2D eigenvalue weighted by Gasteiger charge is -2.05. The Balaban J connectivity index is 2.28. The minimum Gasteiger partial charge on any atom is -0.383 e. The highest BCUT2D eigenvalue weighted by Crippen LogP contribution is 2.26.